The van der Waals surface area contributed by atoms with Crippen LogP contribution in [0, 0.1) is 0 Å². The zero-order chi connectivity index (χ0) is 20.9. The molecule has 0 bridgehead atoms. The van der Waals surface area contributed by atoms with Crippen LogP contribution >= 0.6 is 0 Å². The summed E-state index contributed by atoms with van der Waals surface area (Å²) in [5.41, 5.74) is 4.68. The third kappa shape index (κ3) is 2.50. The van der Waals surface area contributed by atoms with Gasteiger partial charge in [-0.25, -0.2) is 4.90 Å². The fourth-order valence-corrected chi connectivity index (χ4v) is 4.40. The molecule has 5 aromatic rings. The van der Waals surface area contributed by atoms with Crippen molar-refractivity contribution in [2.75, 3.05) is 4.90 Å². The van der Waals surface area contributed by atoms with E-state index in [4.69, 9.17) is 0 Å². The van der Waals surface area contributed by atoms with Crippen LogP contribution in [0.1, 0.15) is 14.0 Å². The number of aromatic amines is 2. The Morgan fingerprint density at radius 2 is 1.03 bits per heavy atom. The number of H-pyrrole nitrogens is 2. The molecule has 0 saturated carbocycles. The Labute approximate surface area is 180 Å². The number of benzene rings is 3. The Balaban J connectivity index is 0.00000130. The van der Waals surface area contributed by atoms with Crippen molar-refractivity contribution in [3.63, 3.8) is 0 Å². The molecule has 0 saturated heterocycles. The fourth-order valence-electron chi connectivity index (χ4n) is 4.40. The molecule has 0 radical (unpaired) electrons. The van der Waals surface area contributed by atoms with Gasteiger partial charge in [0.1, 0.15) is 0 Å². The first-order chi connectivity index (χ1) is 15.2. The van der Waals surface area contributed by atoms with Gasteiger partial charge in [-0.15, -0.1) is 0 Å². The molecule has 2 N–H and O–H groups in total. The van der Waals surface area contributed by atoms with E-state index in [2.05, 4.69) is 9.97 Å². The van der Waals surface area contributed by atoms with Gasteiger partial charge in [0.2, 0.25) is 0 Å². The third-order valence-corrected chi connectivity index (χ3v) is 5.82. The maximum atomic E-state index is 13.7. The van der Waals surface area contributed by atoms with E-state index < -0.39 is 0 Å². The van der Waals surface area contributed by atoms with Gasteiger partial charge in [-0.3, -0.25) is 9.59 Å². The summed E-state index contributed by atoms with van der Waals surface area (Å²) in [6, 6.07) is 24.7. The second-order valence-electron chi connectivity index (χ2n) is 7.53. The Morgan fingerprint density at radius 1 is 0.581 bits per heavy atom. The van der Waals surface area contributed by atoms with Gasteiger partial charge in [0.25, 0.3) is 11.8 Å². The Morgan fingerprint density at radius 3 is 1.55 bits per heavy atom. The van der Waals surface area contributed by atoms with Crippen molar-refractivity contribution in [1.29, 1.82) is 0 Å². The molecule has 0 aliphatic carbocycles. The number of carbonyl (C=O) groups excluding carboxylic acids is 2. The van der Waals surface area contributed by atoms with Gasteiger partial charge < -0.3 is 9.97 Å². The summed E-state index contributed by atoms with van der Waals surface area (Å²) >= 11 is 0. The molecule has 0 unspecified atom stereocenters. The normalized spacial score (nSPS) is 14.4. The Hall–Kier alpha value is -4.38. The highest BCUT2D eigenvalue weighted by Gasteiger charge is 2.41. The second kappa shape index (κ2) is 6.57. The van der Waals surface area contributed by atoms with E-state index in [-0.39, 0.29) is 14.7 Å². The summed E-state index contributed by atoms with van der Waals surface area (Å²) in [5, 5.41) is 1.82. The van der Waals surface area contributed by atoms with Crippen molar-refractivity contribution in [3.05, 3.63) is 102 Å². The summed E-state index contributed by atoms with van der Waals surface area (Å²) in [6.07, 6.45) is 3.63. The van der Waals surface area contributed by atoms with Crippen molar-refractivity contribution in [2.24, 2.45) is 0 Å². The van der Waals surface area contributed by atoms with Crippen LogP contribution < -0.4 is 4.90 Å². The zero-order valence-electron chi connectivity index (χ0n) is 16.4. The van der Waals surface area contributed by atoms with Crippen molar-refractivity contribution < 1.29 is 12.4 Å². The molecule has 5 nitrogen and oxygen atoms in total. The molecule has 0 spiro atoms. The lowest BCUT2D eigenvalue weighted by Gasteiger charge is -2.15. The van der Waals surface area contributed by atoms with E-state index in [1.807, 2.05) is 79.1 Å². The van der Waals surface area contributed by atoms with E-state index in [0.29, 0.717) is 16.8 Å². The average Bonchev–Trinajstić information content (AvgIpc) is 3.48. The van der Waals surface area contributed by atoms with Crippen LogP contribution in [0.2, 0.25) is 0 Å². The number of hydrogen-bond donors (Lipinski definition) is 2. The monoisotopic (exact) mass is 407 g/mol. The second-order valence-corrected chi connectivity index (χ2v) is 7.53. The van der Waals surface area contributed by atoms with Gasteiger partial charge in [-0.05, 0) is 24.3 Å². The quantitative estimate of drug-likeness (QED) is 0.381. The maximum Gasteiger partial charge on any atom is 0.266 e. The number of amides is 2. The van der Waals surface area contributed by atoms with Crippen LogP contribution in [0.4, 0.5) is 5.69 Å². The summed E-state index contributed by atoms with van der Waals surface area (Å²) in [6.45, 7) is 0. The zero-order valence-corrected chi connectivity index (χ0v) is 16.4. The molecule has 0 atom stereocenters. The number of imide groups is 1. The topological polar surface area (TPSA) is 69.0 Å². The lowest BCUT2D eigenvalue weighted by atomic mass is 9.95. The van der Waals surface area contributed by atoms with Crippen LogP contribution in [-0.4, -0.2) is 21.8 Å². The highest BCUT2D eigenvalue weighted by Crippen LogP contribution is 2.42. The van der Waals surface area contributed by atoms with Gasteiger partial charge in [-0.1, -0.05) is 54.6 Å². The van der Waals surface area contributed by atoms with Gasteiger partial charge >= 0.3 is 0 Å². The van der Waals surface area contributed by atoms with E-state index in [0.717, 1.165) is 32.9 Å². The Kier molecular flexibility index (Phi) is 3.70. The first-order valence-corrected chi connectivity index (χ1v) is 10.0. The molecule has 6 rings (SSSR count). The van der Waals surface area contributed by atoms with Crippen molar-refractivity contribution in [2.45, 2.75) is 0 Å². The predicted octanol–water partition coefficient (Wildman–Crippen LogP) is 5.63. The van der Waals surface area contributed by atoms with Gasteiger partial charge in [-0.2, -0.15) is 0 Å². The Bertz CT molecular complexity index is 1440. The largest absolute Gasteiger partial charge is 0.361 e. The van der Waals surface area contributed by atoms with Crippen LogP contribution in [0.3, 0.4) is 0 Å². The molecule has 152 valence electrons. The molecule has 2 aromatic heterocycles. The van der Waals surface area contributed by atoms with Crippen molar-refractivity contribution in [1.82, 2.24) is 9.97 Å². The highest BCUT2D eigenvalue weighted by molar-refractivity contribution is 6.58. The lowest BCUT2D eigenvalue weighted by molar-refractivity contribution is -0.119. The summed E-state index contributed by atoms with van der Waals surface area (Å²) < 4.78 is 0. The smallest absolute Gasteiger partial charge is 0.266 e. The fraction of sp³-hybridized carbons (Fsp3) is 0. The molecular formula is C26H21N3O2. The average molecular weight is 407 g/mol. The summed E-state index contributed by atoms with van der Waals surface area (Å²) in [5.74, 6) is -0.637. The standard InChI is InChI=1S/C26H17N3O2.2H2/c30-25-23(19-14-27-21-12-6-4-10-17(19)21)24(20-15-28-22-13-7-5-11-18(20)22)26(31)29(25)16-8-2-1-3-9-16;;/h1-15,27-28H;2*1H. The summed E-state index contributed by atoms with van der Waals surface area (Å²) in [7, 11) is 0. The van der Waals surface area contributed by atoms with E-state index in [1.54, 1.807) is 12.1 Å². The number of anilines is 1. The minimum Gasteiger partial charge on any atom is -0.361 e. The third-order valence-electron chi connectivity index (χ3n) is 5.82. The number of aromatic nitrogens is 2. The first-order valence-electron chi connectivity index (χ1n) is 10.0. The molecule has 2 amide bonds. The van der Waals surface area contributed by atoms with Crippen LogP contribution in [0.5, 0.6) is 0 Å². The molecule has 31 heavy (non-hydrogen) atoms. The van der Waals surface area contributed by atoms with E-state index >= 15 is 0 Å². The molecular weight excluding hydrogens is 386 g/mol. The molecule has 1 aliphatic heterocycles. The number of para-hydroxylation sites is 3. The number of nitrogens with one attached hydrogen (secondary N) is 2. The van der Waals surface area contributed by atoms with Crippen molar-refractivity contribution >= 4 is 50.5 Å². The van der Waals surface area contributed by atoms with Crippen molar-refractivity contribution in [3.8, 4) is 0 Å². The van der Waals surface area contributed by atoms with Crippen LogP contribution in [0.25, 0.3) is 33.0 Å². The minimum absolute atomic E-state index is 0. The van der Waals surface area contributed by atoms with Gasteiger partial charge in [0.15, 0.2) is 0 Å². The molecule has 1 aliphatic rings. The highest BCUT2D eigenvalue weighted by atomic mass is 16.2. The predicted molar refractivity (Wildman–Crippen MR) is 127 cm³/mol. The van der Waals surface area contributed by atoms with E-state index in [9.17, 15) is 9.59 Å². The summed E-state index contributed by atoms with van der Waals surface area (Å²) in [4.78, 5) is 35.2. The number of hydrogen-bond acceptors (Lipinski definition) is 2. The number of rotatable bonds is 3. The van der Waals surface area contributed by atoms with Crippen LogP contribution in [0.15, 0.2) is 91.3 Å². The maximum absolute atomic E-state index is 13.7. The number of nitrogens with zero attached hydrogens (tertiary/aromatic N) is 1. The van der Waals surface area contributed by atoms with E-state index in [1.165, 1.54) is 4.90 Å². The first kappa shape index (κ1) is 17.5. The van der Waals surface area contributed by atoms with Gasteiger partial charge in [0, 0.05) is 48.2 Å². The lowest BCUT2D eigenvalue weighted by Crippen LogP contribution is -2.31. The molecule has 5 heteroatoms. The molecule has 3 heterocycles. The molecule has 3 aromatic carbocycles. The SMILES string of the molecule is O=C1C(c2c[nH]c3ccccc23)=C(c2c[nH]c3ccccc23)C(=O)N1c1ccccc1.[HH].[HH]. The minimum atomic E-state index is -0.318. The van der Waals surface area contributed by atoms with Gasteiger partial charge in [0.05, 0.1) is 16.8 Å². The van der Waals surface area contributed by atoms with Crippen LogP contribution in [-0.2, 0) is 9.59 Å². The number of fused-ring (bicyclic) bond motifs is 2. The number of carbonyl (C=O) groups is 2. The molecule has 0 fully saturated rings.